The summed E-state index contributed by atoms with van der Waals surface area (Å²) in [6, 6.07) is -3.64. The van der Waals surface area contributed by atoms with E-state index < -0.39 is 47.2 Å². The fraction of sp³-hybridized carbons (Fsp3) is 0.818. The van der Waals surface area contributed by atoms with Gasteiger partial charge in [-0.05, 0) is 53.8 Å². The highest BCUT2D eigenvalue weighted by Crippen LogP contribution is 2.65. The van der Waals surface area contributed by atoms with Crippen molar-refractivity contribution in [3.05, 3.63) is 0 Å². The zero-order valence-corrected chi connectivity index (χ0v) is 28.1. The van der Waals surface area contributed by atoms with Crippen LogP contribution >= 0.6 is 0 Å². The van der Waals surface area contributed by atoms with Gasteiger partial charge in [-0.15, -0.1) is 0 Å². The van der Waals surface area contributed by atoms with E-state index in [1.165, 1.54) is 0 Å². The average Bonchev–Trinajstić information content (AvgIpc) is 3.24. The van der Waals surface area contributed by atoms with Crippen LogP contribution in [0.5, 0.6) is 0 Å². The van der Waals surface area contributed by atoms with E-state index in [0.717, 1.165) is 32.1 Å². The number of fused-ring (bicyclic) bond motifs is 1. The lowest BCUT2D eigenvalue weighted by Crippen LogP contribution is -2.62. The van der Waals surface area contributed by atoms with Crippen LogP contribution in [0, 0.1) is 34.5 Å². The van der Waals surface area contributed by atoms with Crippen molar-refractivity contribution < 1.29 is 28.8 Å². The lowest BCUT2D eigenvalue weighted by molar-refractivity contribution is -0.145. The molecule has 12 nitrogen and oxygen atoms in total. The lowest BCUT2D eigenvalue weighted by atomic mass is 9.80. The number of ketones is 1. The number of nitrogens with two attached hydrogens (primary N) is 1. The predicted molar refractivity (Wildman–Crippen MR) is 168 cm³/mol. The predicted octanol–water partition coefficient (Wildman–Crippen LogP) is 1.95. The van der Waals surface area contributed by atoms with Crippen molar-refractivity contribution in [2.24, 2.45) is 40.2 Å². The summed E-state index contributed by atoms with van der Waals surface area (Å²) in [4.78, 5) is 81.9. The van der Waals surface area contributed by atoms with Crippen LogP contribution in [0.25, 0.3) is 0 Å². The van der Waals surface area contributed by atoms with Crippen molar-refractivity contribution >= 4 is 35.4 Å². The Morgan fingerprint density at radius 2 is 1.67 bits per heavy atom. The van der Waals surface area contributed by atoms with Crippen LogP contribution in [0.1, 0.15) is 93.4 Å². The Morgan fingerprint density at radius 3 is 2.20 bits per heavy atom. The number of amides is 6. The summed E-state index contributed by atoms with van der Waals surface area (Å²) < 4.78 is 0. The van der Waals surface area contributed by atoms with Crippen molar-refractivity contribution in [1.29, 1.82) is 0 Å². The summed E-state index contributed by atoms with van der Waals surface area (Å²) in [6.45, 7) is 15.1. The van der Waals surface area contributed by atoms with E-state index in [1.807, 2.05) is 34.6 Å². The number of likely N-dealkylation sites (tertiary alicyclic amines) is 2. The minimum Gasteiger partial charge on any atom is -0.363 e. The molecule has 2 aliphatic carbocycles. The topological polar surface area (TPSA) is 171 Å². The largest absolute Gasteiger partial charge is 0.363 e. The molecule has 0 aromatic rings. The molecule has 0 bridgehead atoms. The average molecular weight is 631 g/mol. The first kappa shape index (κ1) is 34.7. The van der Waals surface area contributed by atoms with Crippen LogP contribution in [0.4, 0.5) is 4.79 Å². The van der Waals surface area contributed by atoms with E-state index in [9.17, 15) is 28.8 Å². The molecular weight excluding hydrogens is 576 g/mol. The summed E-state index contributed by atoms with van der Waals surface area (Å²) in [7, 11) is 0. The molecule has 2 saturated heterocycles. The van der Waals surface area contributed by atoms with E-state index >= 15 is 0 Å². The molecule has 5 N–H and O–H groups in total. The first-order chi connectivity index (χ1) is 20.9. The molecule has 4 fully saturated rings. The molecule has 2 aliphatic heterocycles. The van der Waals surface area contributed by atoms with Crippen LogP contribution in [-0.4, -0.2) is 89.0 Å². The van der Waals surface area contributed by atoms with Gasteiger partial charge in [-0.1, -0.05) is 67.7 Å². The molecule has 0 aromatic carbocycles. The number of carbonyl (C=O) groups is 6. The molecule has 4 rings (SSSR count). The Bertz CT molecular complexity index is 1190. The smallest absolute Gasteiger partial charge is 0.315 e. The molecule has 6 unspecified atom stereocenters. The molecule has 6 atom stereocenters. The molecular formula is C33H54N6O6. The summed E-state index contributed by atoms with van der Waals surface area (Å²) in [6.07, 6.45) is 5.57. The first-order valence-electron chi connectivity index (χ1n) is 16.7. The number of carbonyl (C=O) groups excluding carboxylic acids is 6. The van der Waals surface area contributed by atoms with Crippen LogP contribution in [-0.2, 0) is 24.0 Å². The number of piperidine rings is 2. The monoisotopic (exact) mass is 630 g/mol. The van der Waals surface area contributed by atoms with Gasteiger partial charge >= 0.3 is 6.03 Å². The Morgan fingerprint density at radius 1 is 1.00 bits per heavy atom. The van der Waals surface area contributed by atoms with Gasteiger partial charge in [0.1, 0.15) is 12.1 Å². The number of hydrogen-bond donors (Lipinski definition) is 4. The third kappa shape index (κ3) is 7.62. The standard InChI is InChI=1S/C33H54N6O6/c1-18(2)22(17-38-14-9-8-13-23(38)40)36-31(45)37-27(32(3,4)5)30(44)39-16-20-24(33(20,6)7)25(39)29(43)35-21(26(41)28(34)42)15-19-11-10-12-19/h18-22,24-25,27H,8-17H2,1-7H3,(H2,34,42)(H,35,43)(H2,36,37,45). The minimum atomic E-state index is -1.09. The minimum absolute atomic E-state index is 0.0475. The van der Waals surface area contributed by atoms with Crippen LogP contribution in [0.2, 0.25) is 0 Å². The van der Waals surface area contributed by atoms with Crippen molar-refractivity contribution in [3.63, 3.8) is 0 Å². The number of Topliss-reactive ketones (excluding diaryl/α,β-unsaturated/α-hetero) is 1. The molecule has 0 spiro atoms. The molecule has 0 radical (unpaired) electrons. The second-order valence-corrected chi connectivity index (χ2v) is 15.8. The zero-order chi connectivity index (χ0) is 33.4. The number of primary amides is 1. The Labute approximate surface area is 267 Å². The van der Waals surface area contributed by atoms with E-state index in [0.29, 0.717) is 32.5 Å². The maximum absolute atomic E-state index is 14.3. The van der Waals surface area contributed by atoms with Gasteiger partial charge in [0.15, 0.2) is 0 Å². The molecule has 4 aliphatic rings. The van der Waals surface area contributed by atoms with Gasteiger partial charge in [-0.2, -0.15) is 0 Å². The van der Waals surface area contributed by atoms with Crippen molar-refractivity contribution in [3.8, 4) is 0 Å². The maximum Gasteiger partial charge on any atom is 0.315 e. The molecule has 45 heavy (non-hydrogen) atoms. The zero-order valence-electron chi connectivity index (χ0n) is 28.1. The number of nitrogens with zero attached hydrogens (tertiary/aromatic N) is 2. The Balaban J connectivity index is 1.49. The number of nitrogens with one attached hydrogen (secondary N) is 3. The fourth-order valence-corrected chi connectivity index (χ4v) is 7.41. The summed E-state index contributed by atoms with van der Waals surface area (Å²) in [5.74, 6) is -2.40. The third-order valence-corrected chi connectivity index (χ3v) is 10.8. The number of rotatable bonds is 12. The second-order valence-electron chi connectivity index (χ2n) is 15.8. The van der Waals surface area contributed by atoms with Gasteiger partial charge in [-0.3, -0.25) is 24.0 Å². The first-order valence-corrected chi connectivity index (χ1v) is 16.7. The highest BCUT2D eigenvalue weighted by Gasteiger charge is 2.70. The van der Waals surface area contributed by atoms with Crippen LogP contribution in [0.15, 0.2) is 0 Å². The summed E-state index contributed by atoms with van der Waals surface area (Å²) in [5, 5.41) is 8.70. The lowest BCUT2D eigenvalue weighted by Gasteiger charge is -2.38. The summed E-state index contributed by atoms with van der Waals surface area (Å²) in [5.41, 5.74) is 4.47. The SMILES string of the molecule is CC(C)C(CN1CCCCC1=O)NC(=O)NC(C(=O)N1CC2C(C1C(=O)NC(CC1CCC1)C(=O)C(N)=O)C2(C)C)C(C)(C)C. The highest BCUT2D eigenvalue weighted by atomic mass is 16.2. The molecule has 0 aromatic heterocycles. The molecule has 2 saturated carbocycles. The van der Waals surface area contributed by atoms with Gasteiger partial charge in [0.05, 0.1) is 12.1 Å². The van der Waals surface area contributed by atoms with E-state index in [2.05, 4.69) is 29.8 Å². The number of hydrogen-bond acceptors (Lipinski definition) is 6. The van der Waals surface area contributed by atoms with Crippen LogP contribution < -0.4 is 21.7 Å². The van der Waals surface area contributed by atoms with Crippen molar-refractivity contribution in [2.75, 3.05) is 19.6 Å². The van der Waals surface area contributed by atoms with Gasteiger partial charge in [0, 0.05) is 26.1 Å². The van der Waals surface area contributed by atoms with Gasteiger partial charge < -0.3 is 31.5 Å². The van der Waals surface area contributed by atoms with Crippen molar-refractivity contribution in [2.45, 2.75) is 118 Å². The van der Waals surface area contributed by atoms with E-state index in [-0.39, 0.29) is 46.9 Å². The molecule has 252 valence electrons. The van der Waals surface area contributed by atoms with E-state index in [4.69, 9.17) is 5.73 Å². The molecule has 2 heterocycles. The van der Waals surface area contributed by atoms with E-state index in [1.54, 1.807) is 9.80 Å². The highest BCUT2D eigenvalue weighted by molar-refractivity contribution is 6.37. The second kappa shape index (κ2) is 13.3. The Kier molecular flexibility index (Phi) is 10.2. The maximum atomic E-state index is 14.3. The van der Waals surface area contributed by atoms with Crippen LogP contribution in [0.3, 0.4) is 0 Å². The summed E-state index contributed by atoms with van der Waals surface area (Å²) >= 11 is 0. The van der Waals surface area contributed by atoms with Crippen molar-refractivity contribution in [1.82, 2.24) is 25.8 Å². The number of urea groups is 1. The molecule has 6 amide bonds. The Hall–Kier alpha value is -3.18. The third-order valence-electron chi connectivity index (χ3n) is 10.8. The molecule has 12 heteroatoms. The van der Waals surface area contributed by atoms with Gasteiger partial charge in [0.2, 0.25) is 23.5 Å². The fourth-order valence-electron chi connectivity index (χ4n) is 7.41. The normalized spacial score (nSPS) is 26.3. The quantitative estimate of drug-likeness (QED) is 0.240. The van der Waals surface area contributed by atoms with Gasteiger partial charge in [0.25, 0.3) is 5.91 Å². The van der Waals surface area contributed by atoms with Gasteiger partial charge in [-0.25, -0.2) is 4.79 Å².